The van der Waals surface area contributed by atoms with Crippen LogP contribution < -0.4 is 25.2 Å². The number of aryl methyl sites for hydroxylation is 1. The summed E-state index contributed by atoms with van der Waals surface area (Å²) in [6, 6.07) is 3.64. The Balaban J connectivity index is 1.32. The first-order chi connectivity index (χ1) is 22.6. The average Bonchev–Trinajstić information content (AvgIpc) is 3.43. The van der Waals surface area contributed by atoms with Crippen LogP contribution in [0.3, 0.4) is 0 Å². The lowest BCUT2D eigenvalue weighted by molar-refractivity contribution is -0.126. The number of aromatic nitrogens is 3. The average molecular weight is 671 g/mol. The van der Waals surface area contributed by atoms with Gasteiger partial charge in [-0.3, -0.25) is 14.5 Å². The number of alkyl halides is 2. The van der Waals surface area contributed by atoms with Crippen molar-refractivity contribution in [1.82, 2.24) is 25.2 Å². The number of hydrogen-bond acceptors (Lipinski definition) is 10. The van der Waals surface area contributed by atoms with Crippen molar-refractivity contribution in [3.8, 4) is 22.6 Å². The van der Waals surface area contributed by atoms with Crippen LogP contribution in [0.15, 0.2) is 34.2 Å². The van der Waals surface area contributed by atoms with Gasteiger partial charge < -0.3 is 29.4 Å². The Labute approximate surface area is 276 Å². The summed E-state index contributed by atoms with van der Waals surface area (Å²) in [7, 11) is 0. The molecule has 0 unspecified atom stereocenters. The normalized spacial score (nSPS) is 20.2. The molecule has 2 aromatic heterocycles. The third-order valence-electron chi connectivity index (χ3n) is 9.18. The molecular weight excluding hydrogens is 630 g/mol. The van der Waals surface area contributed by atoms with Crippen molar-refractivity contribution in [2.75, 3.05) is 57.1 Å². The molecule has 0 saturated carbocycles. The number of H-pyrrole nitrogens is 1. The van der Waals surface area contributed by atoms with E-state index in [0.717, 1.165) is 10.6 Å². The van der Waals surface area contributed by atoms with Crippen LogP contribution >= 0.6 is 11.8 Å². The molecule has 0 radical (unpaired) electrons. The lowest BCUT2D eigenvalue weighted by Crippen LogP contribution is -2.49. The van der Waals surface area contributed by atoms with E-state index in [1.807, 2.05) is 33.1 Å². The number of anilines is 1. The number of aromatic amines is 1. The van der Waals surface area contributed by atoms with E-state index in [1.165, 1.54) is 11.8 Å². The second kappa shape index (κ2) is 13.8. The SMILES string of the molecule is CSc1cc(C)[nH]c(=O)c1CNC(=O)c1cc(-c2cnc(N3CCOCC3)nc2)c2c(c1C)O[C@@](C)(C1CCN(CC(F)F)CC1)O2. The predicted molar refractivity (Wildman–Crippen MR) is 175 cm³/mol. The zero-order valence-corrected chi connectivity index (χ0v) is 27.8. The molecular formula is C33H40F2N6O5S. The highest BCUT2D eigenvalue weighted by molar-refractivity contribution is 7.98. The van der Waals surface area contributed by atoms with Gasteiger partial charge in [0.05, 0.1) is 19.8 Å². The standard InChI is InChI=1S/C33H40F2N6O5S/c1-19-13-26(47-4)25(31(43)39-19)17-36-30(42)23-14-24(21-15-37-32(38-16-21)41-9-11-44-12-10-41)29-28(20(23)2)45-33(3,46-29)22-5-7-40(8-6-22)18-27(34)35/h13-16,22,27H,5-12,17-18H2,1-4H3,(H,36,42)(H,39,43)/t33-/m1/s1. The molecule has 3 aromatic rings. The number of morpholine rings is 1. The highest BCUT2D eigenvalue weighted by Gasteiger charge is 2.47. The largest absolute Gasteiger partial charge is 0.448 e. The zero-order valence-electron chi connectivity index (χ0n) is 27.0. The molecule has 2 saturated heterocycles. The van der Waals surface area contributed by atoms with E-state index in [0.29, 0.717) is 97.5 Å². The number of thioether (sulfide) groups is 1. The van der Waals surface area contributed by atoms with Gasteiger partial charge in [0.2, 0.25) is 5.95 Å². The molecule has 3 aliphatic heterocycles. The number of nitrogens with zero attached hydrogens (tertiary/aromatic N) is 4. The number of hydrogen-bond donors (Lipinski definition) is 2. The van der Waals surface area contributed by atoms with E-state index >= 15 is 0 Å². The van der Waals surface area contributed by atoms with Gasteiger partial charge in [-0.2, -0.15) is 0 Å². The van der Waals surface area contributed by atoms with Gasteiger partial charge in [-0.1, -0.05) is 0 Å². The highest BCUT2D eigenvalue weighted by atomic mass is 32.2. The molecule has 0 aliphatic carbocycles. The van der Waals surface area contributed by atoms with Crippen LogP contribution in [0.1, 0.15) is 46.9 Å². The molecule has 0 spiro atoms. The van der Waals surface area contributed by atoms with Gasteiger partial charge in [-0.15, -0.1) is 11.8 Å². The van der Waals surface area contributed by atoms with E-state index in [2.05, 4.69) is 25.2 Å². The number of piperidine rings is 1. The van der Waals surface area contributed by atoms with Crippen LogP contribution in [0.25, 0.3) is 11.1 Å². The van der Waals surface area contributed by atoms with Gasteiger partial charge in [-0.25, -0.2) is 18.7 Å². The number of carbonyl (C=O) groups excluding carboxylic acids is 1. The van der Waals surface area contributed by atoms with E-state index in [9.17, 15) is 18.4 Å². The lowest BCUT2D eigenvalue weighted by atomic mass is 9.89. The maximum atomic E-state index is 13.8. The third-order valence-corrected chi connectivity index (χ3v) is 9.99. The van der Waals surface area contributed by atoms with Gasteiger partial charge in [0.15, 0.2) is 11.5 Å². The summed E-state index contributed by atoms with van der Waals surface area (Å²) in [4.78, 5) is 43.2. The van der Waals surface area contributed by atoms with Crippen LogP contribution in [-0.4, -0.2) is 90.2 Å². The molecule has 5 heterocycles. The number of pyridine rings is 1. The number of carbonyl (C=O) groups is 1. The van der Waals surface area contributed by atoms with Crippen molar-refractivity contribution in [3.63, 3.8) is 0 Å². The Morgan fingerprint density at radius 3 is 2.45 bits per heavy atom. The Hall–Kier alpha value is -3.75. The minimum absolute atomic E-state index is 0.0418. The van der Waals surface area contributed by atoms with E-state index in [-0.39, 0.29) is 30.5 Å². The Morgan fingerprint density at radius 2 is 1.79 bits per heavy atom. The number of amides is 1. The first-order valence-electron chi connectivity index (χ1n) is 15.8. The molecule has 11 nitrogen and oxygen atoms in total. The Kier molecular flexibility index (Phi) is 9.72. The maximum absolute atomic E-state index is 13.8. The molecule has 1 aromatic carbocycles. The Morgan fingerprint density at radius 1 is 1.11 bits per heavy atom. The van der Waals surface area contributed by atoms with Crippen molar-refractivity contribution in [3.05, 3.63) is 57.3 Å². The van der Waals surface area contributed by atoms with Crippen LogP contribution in [-0.2, 0) is 11.3 Å². The van der Waals surface area contributed by atoms with Gasteiger partial charge >= 0.3 is 0 Å². The van der Waals surface area contributed by atoms with Gasteiger partial charge in [0.1, 0.15) is 0 Å². The summed E-state index contributed by atoms with van der Waals surface area (Å²) in [6.45, 7) is 8.91. The van der Waals surface area contributed by atoms with Crippen molar-refractivity contribution in [1.29, 1.82) is 0 Å². The molecule has 14 heteroatoms. The molecule has 1 atom stereocenters. The minimum atomic E-state index is -2.38. The predicted octanol–water partition coefficient (Wildman–Crippen LogP) is 4.40. The Bertz CT molecular complexity index is 1680. The summed E-state index contributed by atoms with van der Waals surface area (Å²) >= 11 is 1.45. The molecule has 0 bridgehead atoms. The van der Waals surface area contributed by atoms with Crippen LogP contribution in [0.4, 0.5) is 14.7 Å². The molecule has 6 rings (SSSR count). The monoisotopic (exact) mass is 670 g/mol. The zero-order chi connectivity index (χ0) is 33.3. The number of benzene rings is 1. The number of likely N-dealkylation sites (tertiary alicyclic amines) is 1. The van der Waals surface area contributed by atoms with Crippen molar-refractivity contribution in [2.45, 2.75) is 57.3 Å². The van der Waals surface area contributed by atoms with Gasteiger partial charge in [-0.05, 0) is 58.2 Å². The number of nitrogens with one attached hydrogen (secondary N) is 2. The second-order valence-corrected chi connectivity index (χ2v) is 13.2. The van der Waals surface area contributed by atoms with Crippen LogP contribution in [0.5, 0.6) is 11.5 Å². The van der Waals surface area contributed by atoms with E-state index < -0.39 is 12.2 Å². The summed E-state index contributed by atoms with van der Waals surface area (Å²) in [6.07, 6.45) is 4.18. The van der Waals surface area contributed by atoms with E-state index in [4.69, 9.17) is 14.2 Å². The maximum Gasteiger partial charge on any atom is 0.254 e. The summed E-state index contributed by atoms with van der Waals surface area (Å²) < 4.78 is 44.7. The summed E-state index contributed by atoms with van der Waals surface area (Å²) in [5.41, 5.74) is 3.18. The first-order valence-corrected chi connectivity index (χ1v) is 17.0. The third kappa shape index (κ3) is 6.95. The fourth-order valence-electron chi connectivity index (χ4n) is 6.52. The molecule has 2 N–H and O–H groups in total. The number of ether oxygens (including phenoxy) is 3. The number of halogens is 2. The number of fused-ring (bicyclic) bond motifs is 1. The molecule has 3 aliphatic rings. The fourth-order valence-corrected chi connectivity index (χ4v) is 7.23. The second-order valence-electron chi connectivity index (χ2n) is 12.3. The molecule has 47 heavy (non-hydrogen) atoms. The summed E-state index contributed by atoms with van der Waals surface area (Å²) in [5.74, 6) is 0.0160. The van der Waals surface area contributed by atoms with Crippen LogP contribution in [0.2, 0.25) is 0 Å². The molecule has 252 valence electrons. The topological polar surface area (TPSA) is 122 Å². The summed E-state index contributed by atoms with van der Waals surface area (Å²) in [5, 5.41) is 2.93. The first kappa shape index (κ1) is 33.2. The lowest BCUT2D eigenvalue weighted by Gasteiger charge is -2.38. The molecule has 2 fully saturated rings. The smallest absolute Gasteiger partial charge is 0.254 e. The fraction of sp³-hybridized carbons (Fsp3) is 0.515. The van der Waals surface area contributed by atoms with Crippen molar-refractivity contribution in [2.24, 2.45) is 5.92 Å². The number of rotatable bonds is 9. The van der Waals surface area contributed by atoms with E-state index in [1.54, 1.807) is 23.4 Å². The van der Waals surface area contributed by atoms with Crippen LogP contribution in [0, 0.1) is 19.8 Å². The quantitative estimate of drug-likeness (QED) is 0.317. The highest BCUT2D eigenvalue weighted by Crippen LogP contribution is 2.52. The van der Waals surface area contributed by atoms with Gasteiger partial charge in [0, 0.05) is 83.3 Å². The molecule has 1 amide bonds. The minimum Gasteiger partial charge on any atom is -0.448 e. The van der Waals surface area contributed by atoms with Gasteiger partial charge in [0.25, 0.3) is 23.7 Å². The van der Waals surface area contributed by atoms with Crippen molar-refractivity contribution >= 4 is 23.6 Å². The van der Waals surface area contributed by atoms with Crippen molar-refractivity contribution < 1.29 is 27.8 Å².